The Morgan fingerprint density at radius 2 is 0.926 bits per heavy atom. The fraction of sp³-hybridized carbons (Fsp3) is 0.296. The van der Waals surface area contributed by atoms with Crippen LogP contribution in [0, 0.1) is 32.1 Å². The number of hydrogen-bond acceptors (Lipinski definition) is 9. The van der Waals surface area contributed by atoms with Crippen LogP contribution >= 0.6 is 15.9 Å². The topological polar surface area (TPSA) is 182 Å². The second-order valence-corrected chi connectivity index (χ2v) is 18.4. The summed E-state index contributed by atoms with van der Waals surface area (Å²) < 4.78 is 0.974. The number of nitro benzene ring substituents is 2. The zero-order valence-electron chi connectivity index (χ0n) is 38.7. The molecule has 2 saturated carbocycles. The molecule has 4 N–H and O–H groups in total. The summed E-state index contributed by atoms with van der Waals surface area (Å²) in [6, 6.07) is 44.8. The van der Waals surface area contributed by atoms with Gasteiger partial charge in [0, 0.05) is 77.4 Å². The third kappa shape index (κ3) is 14.5. The normalized spacial score (nSPS) is 13.7. The summed E-state index contributed by atoms with van der Waals surface area (Å²) in [6.45, 7) is 0.961. The van der Waals surface area contributed by atoms with E-state index in [4.69, 9.17) is 11.5 Å². The molecular formula is C54H60BrN7O6. The number of carbonyl (C=O) groups excluding carboxylic acids is 2. The molecule has 0 aromatic heterocycles. The fourth-order valence-electron chi connectivity index (χ4n) is 8.55. The fourth-order valence-corrected chi connectivity index (χ4v) is 8.81. The minimum absolute atomic E-state index is 0.000231. The number of hydrogen-bond donors (Lipinski definition) is 2. The van der Waals surface area contributed by atoms with Gasteiger partial charge in [0.25, 0.3) is 11.4 Å². The number of benzene rings is 6. The molecule has 0 bridgehead atoms. The lowest BCUT2D eigenvalue weighted by Gasteiger charge is -2.30. The lowest BCUT2D eigenvalue weighted by molar-refractivity contribution is -0.385. The molecule has 0 unspecified atom stereocenters. The van der Waals surface area contributed by atoms with Crippen molar-refractivity contribution in [2.75, 3.05) is 40.3 Å². The molecule has 0 spiro atoms. The van der Waals surface area contributed by atoms with Crippen molar-refractivity contribution in [1.82, 2.24) is 0 Å². The van der Waals surface area contributed by atoms with Gasteiger partial charge in [0.2, 0.25) is 11.8 Å². The van der Waals surface area contributed by atoms with E-state index in [9.17, 15) is 29.8 Å². The van der Waals surface area contributed by atoms with Crippen LogP contribution in [0.2, 0.25) is 0 Å². The number of non-ortho nitro benzene ring substituents is 2. The Hall–Kier alpha value is -7.06. The lowest BCUT2D eigenvalue weighted by atomic mass is 9.88. The number of nitrogens with two attached hydrogens (primary N) is 2. The first-order valence-corrected chi connectivity index (χ1v) is 23.9. The predicted molar refractivity (Wildman–Crippen MR) is 277 cm³/mol. The third-order valence-corrected chi connectivity index (χ3v) is 12.9. The molecule has 13 nitrogen and oxygen atoms in total. The molecule has 2 amide bonds. The number of nitro groups is 2. The van der Waals surface area contributed by atoms with Gasteiger partial charge < -0.3 is 26.2 Å². The van der Waals surface area contributed by atoms with E-state index < -0.39 is 9.85 Å². The molecule has 14 heteroatoms. The Kier molecular flexibility index (Phi) is 18.2. The number of anilines is 5. The highest BCUT2D eigenvalue weighted by Crippen LogP contribution is 2.32. The highest BCUT2D eigenvalue weighted by molar-refractivity contribution is 9.10. The summed E-state index contributed by atoms with van der Waals surface area (Å²) in [6.07, 6.45) is 10.6. The van der Waals surface area contributed by atoms with E-state index >= 15 is 0 Å². The zero-order valence-corrected chi connectivity index (χ0v) is 40.3. The van der Waals surface area contributed by atoms with E-state index in [1.807, 2.05) is 67.5 Å². The van der Waals surface area contributed by atoms with Gasteiger partial charge in [-0.15, -0.1) is 0 Å². The van der Waals surface area contributed by atoms with Crippen LogP contribution in [-0.2, 0) is 22.7 Å². The minimum Gasteiger partial charge on any atom is -0.399 e. The number of amides is 2. The van der Waals surface area contributed by atoms with Gasteiger partial charge in [0.05, 0.1) is 28.6 Å². The smallest absolute Gasteiger partial charge is 0.271 e. The average Bonchev–Trinajstić information content (AvgIpc) is 3.36. The number of nitrogen functional groups attached to an aromatic ring is 2. The van der Waals surface area contributed by atoms with Gasteiger partial charge >= 0.3 is 0 Å². The molecule has 0 heterocycles. The minimum atomic E-state index is -0.476. The van der Waals surface area contributed by atoms with Crippen molar-refractivity contribution in [2.45, 2.75) is 77.3 Å². The van der Waals surface area contributed by atoms with E-state index in [1.54, 1.807) is 29.2 Å². The molecule has 2 aliphatic carbocycles. The van der Waals surface area contributed by atoms with Gasteiger partial charge in [-0.1, -0.05) is 121 Å². The molecular weight excluding hydrogens is 923 g/mol. The summed E-state index contributed by atoms with van der Waals surface area (Å²) in [5.74, 6) is 0.393. The molecule has 0 atom stereocenters. The first kappa shape index (κ1) is 50.4. The Morgan fingerprint density at radius 3 is 1.35 bits per heavy atom. The molecule has 6 aromatic carbocycles. The highest BCUT2D eigenvalue weighted by Gasteiger charge is 2.29. The second-order valence-electron chi connectivity index (χ2n) is 17.5. The molecule has 0 saturated heterocycles. The highest BCUT2D eigenvalue weighted by atomic mass is 79.9. The summed E-state index contributed by atoms with van der Waals surface area (Å²) in [5, 5.41) is 21.2. The quantitative estimate of drug-likeness (QED) is 0.0685. The monoisotopic (exact) mass is 981 g/mol. The van der Waals surface area contributed by atoms with Gasteiger partial charge in [-0.2, -0.15) is 0 Å². The zero-order chi connectivity index (χ0) is 48.6. The van der Waals surface area contributed by atoms with Crippen molar-refractivity contribution in [3.8, 4) is 11.1 Å². The van der Waals surface area contributed by atoms with Gasteiger partial charge in [-0.25, -0.2) is 0 Å². The molecule has 68 heavy (non-hydrogen) atoms. The summed E-state index contributed by atoms with van der Waals surface area (Å²) in [5.41, 5.74) is 19.6. The van der Waals surface area contributed by atoms with Crippen molar-refractivity contribution < 1.29 is 19.4 Å². The maximum atomic E-state index is 13.5. The van der Waals surface area contributed by atoms with Crippen LogP contribution in [0.4, 0.5) is 39.8 Å². The Bertz CT molecular complexity index is 2610. The van der Waals surface area contributed by atoms with E-state index in [-0.39, 0.29) is 35.0 Å². The number of nitrogens with zero attached hydrogens (tertiary/aromatic N) is 5. The van der Waals surface area contributed by atoms with E-state index in [0.29, 0.717) is 30.2 Å². The van der Waals surface area contributed by atoms with Crippen molar-refractivity contribution in [3.05, 3.63) is 181 Å². The maximum Gasteiger partial charge on any atom is 0.271 e. The number of halogens is 1. The average molecular weight is 983 g/mol. The first-order valence-electron chi connectivity index (χ1n) is 23.1. The predicted octanol–water partition coefficient (Wildman–Crippen LogP) is 12.8. The standard InChI is InChI=1S/C28H33N3O.C20H21BrN2O3.C6H6N2O2/c1-30(2)26-17-15-23(16-18-26)22-13-11-21(12-14-22)20-31(27-10-6-9-25(29)19-27)28(32)24-7-4-3-5-8-24;21-17-11-9-15(10-12-17)14-22(20(24)16-5-2-1-3-6-16)18-7-4-8-19(13-18)23(25)26;7-5-2-1-3-6(4-5)8(9)10/h6,9-19,24H,3-5,7-8,20,29H2,1-2H3;4,7-13,16H,1-3,5-6,14H2;1-4H,7H2. The van der Waals surface area contributed by atoms with Crippen LogP contribution in [0.3, 0.4) is 0 Å². The van der Waals surface area contributed by atoms with Crippen LogP contribution in [-0.4, -0.2) is 35.8 Å². The summed E-state index contributed by atoms with van der Waals surface area (Å²) >= 11 is 3.42. The first-order chi connectivity index (χ1) is 32.7. The molecule has 2 fully saturated rings. The van der Waals surface area contributed by atoms with Crippen molar-refractivity contribution in [3.63, 3.8) is 0 Å². The Balaban J connectivity index is 0.000000189. The molecule has 8 rings (SSSR count). The molecule has 0 aliphatic heterocycles. The van der Waals surface area contributed by atoms with E-state index in [0.717, 1.165) is 72.7 Å². The molecule has 354 valence electrons. The van der Waals surface area contributed by atoms with Gasteiger partial charge in [-0.3, -0.25) is 29.8 Å². The van der Waals surface area contributed by atoms with Gasteiger partial charge in [0.1, 0.15) is 0 Å². The molecule has 0 radical (unpaired) electrons. The number of rotatable bonds is 12. The second kappa shape index (κ2) is 24.6. The lowest BCUT2D eigenvalue weighted by Crippen LogP contribution is -2.36. The van der Waals surface area contributed by atoms with Crippen LogP contribution in [0.25, 0.3) is 11.1 Å². The van der Waals surface area contributed by atoms with Gasteiger partial charge in [0.15, 0.2) is 0 Å². The summed E-state index contributed by atoms with van der Waals surface area (Å²) in [4.78, 5) is 52.7. The Morgan fingerprint density at radius 1 is 0.529 bits per heavy atom. The molecule has 6 aromatic rings. The van der Waals surface area contributed by atoms with Crippen molar-refractivity contribution in [2.24, 2.45) is 11.8 Å². The number of carbonyl (C=O) groups is 2. The van der Waals surface area contributed by atoms with Crippen molar-refractivity contribution >= 4 is 67.6 Å². The third-order valence-electron chi connectivity index (χ3n) is 12.3. The SMILES string of the molecule is CN(C)c1ccc(-c2ccc(CN(C(=O)C3CCCCC3)c3cccc(N)c3)cc2)cc1.Nc1cccc([N+](=O)[O-])c1.O=C(C1CCCCC1)N(Cc1ccc(Br)cc1)c1cccc([N+](=O)[O-])c1. The van der Waals surface area contributed by atoms with Crippen LogP contribution in [0.15, 0.2) is 150 Å². The van der Waals surface area contributed by atoms with Gasteiger partial charge in [-0.05, 0) is 103 Å². The van der Waals surface area contributed by atoms with Crippen LogP contribution < -0.4 is 26.2 Å². The maximum absolute atomic E-state index is 13.5. The Labute approximate surface area is 407 Å². The van der Waals surface area contributed by atoms with Crippen LogP contribution in [0.1, 0.15) is 75.3 Å². The molecule has 2 aliphatic rings. The van der Waals surface area contributed by atoms with Crippen LogP contribution in [0.5, 0.6) is 0 Å². The summed E-state index contributed by atoms with van der Waals surface area (Å²) in [7, 11) is 4.09. The van der Waals surface area contributed by atoms with E-state index in [2.05, 4.69) is 69.4 Å². The van der Waals surface area contributed by atoms with Crippen molar-refractivity contribution in [1.29, 1.82) is 0 Å². The largest absolute Gasteiger partial charge is 0.399 e. The van der Waals surface area contributed by atoms with E-state index in [1.165, 1.54) is 53.9 Å².